The summed E-state index contributed by atoms with van der Waals surface area (Å²) in [5.74, 6) is 0.652. The third-order valence-electron chi connectivity index (χ3n) is 4.19. The Bertz CT molecular complexity index is 865. The van der Waals surface area contributed by atoms with E-state index in [-0.39, 0.29) is 11.7 Å². The first kappa shape index (κ1) is 18.8. The average Bonchev–Trinajstić information content (AvgIpc) is 3.08. The molecule has 1 aromatic heterocycles. The van der Waals surface area contributed by atoms with Crippen molar-refractivity contribution in [1.82, 2.24) is 20.1 Å². The van der Waals surface area contributed by atoms with E-state index in [1.807, 2.05) is 36.1 Å². The summed E-state index contributed by atoms with van der Waals surface area (Å²) in [5, 5.41) is 10.7. The molecule has 0 fully saturated rings. The molecule has 1 aromatic carbocycles. The Balaban J connectivity index is 1.83. The lowest BCUT2D eigenvalue weighted by Gasteiger charge is -2.17. The molecule has 0 bridgehead atoms. The maximum atomic E-state index is 12.7. The third kappa shape index (κ3) is 3.92. The van der Waals surface area contributed by atoms with Gasteiger partial charge in [-0.3, -0.25) is 14.2 Å². The Hall–Kier alpha value is -2.94. The fourth-order valence-corrected chi connectivity index (χ4v) is 2.97. The highest BCUT2D eigenvalue weighted by Crippen LogP contribution is 2.28. The maximum Gasteiger partial charge on any atom is 0.286 e. The molecule has 3 rings (SSSR count). The van der Waals surface area contributed by atoms with Crippen molar-refractivity contribution in [3.05, 3.63) is 40.3 Å². The number of methoxy groups -OCH3 is 1. The van der Waals surface area contributed by atoms with Gasteiger partial charge in [0.25, 0.3) is 11.5 Å². The number of fused-ring (bicyclic) bond motifs is 1. The Morgan fingerprint density at radius 3 is 2.67 bits per heavy atom. The summed E-state index contributed by atoms with van der Waals surface area (Å²) in [7, 11) is 1.54. The molecular formula is C18H23N5O4. The number of aromatic nitrogens is 3. The van der Waals surface area contributed by atoms with Gasteiger partial charge in [0.05, 0.1) is 13.2 Å². The molecule has 9 nitrogen and oxygen atoms in total. The zero-order chi connectivity index (χ0) is 19.4. The smallest absolute Gasteiger partial charge is 0.286 e. The minimum Gasteiger partial charge on any atom is -0.494 e. The molecular weight excluding hydrogens is 350 g/mol. The first-order valence-electron chi connectivity index (χ1n) is 8.82. The van der Waals surface area contributed by atoms with Gasteiger partial charge in [-0.2, -0.15) is 0 Å². The number of hydrogen-bond donors (Lipinski definition) is 1. The van der Waals surface area contributed by atoms with Crippen LogP contribution in [0.1, 0.15) is 24.3 Å². The molecule has 0 spiro atoms. The van der Waals surface area contributed by atoms with Crippen molar-refractivity contribution in [2.75, 3.05) is 31.8 Å². The van der Waals surface area contributed by atoms with Gasteiger partial charge in [-0.1, -0.05) is 0 Å². The van der Waals surface area contributed by atoms with E-state index in [0.29, 0.717) is 32.3 Å². The summed E-state index contributed by atoms with van der Waals surface area (Å²) < 4.78 is 11.9. The fraction of sp³-hybridized carbons (Fsp3) is 0.444. The van der Waals surface area contributed by atoms with Crippen LogP contribution in [0.4, 0.5) is 11.6 Å². The van der Waals surface area contributed by atoms with E-state index in [4.69, 9.17) is 9.47 Å². The molecule has 144 valence electrons. The quantitative estimate of drug-likeness (QED) is 0.771. The maximum absolute atomic E-state index is 12.7. The molecule has 1 aliphatic heterocycles. The number of carbonyl (C=O) groups is 1. The fourth-order valence-electron chi connectivity index (χ4n) is 2.97. The standard InChI is InChI=1S/C18H23N5O4/c1-4-27-14-7-5-13(6-8-14)22-9-10-23-17(25)15(20-21-18(22)23)16(24)19-12(2)11-26-3/h5-8,12H,4,9-11H2,1-3H3,(H,19,24)/t12-/m1/s1. The molecule has 0 aliphatic carbocycles. The normalized spacial score (nSPS) is 14.0. The first-order chi connectivity index (χ1) is 13.0. The van der Waals surface area contributed by atoms with Gasteiger partial charge in [-0.25, -0.2) is 0 Å². The predicted octanol–water partition coefficient (Wildman–Crippen LogP) is 0.953. The molecule has 0 radical (unpaired) electrons. The zero-order valence-electron chi connectivity index (χ0n) is 15.6. The van der Waals surface area contributed by atoms with E-state index in [1.165, 1.54) is 4.57 Å². The molecule has 27 heavy (non-hydrogen) atoms. The zero-order valence-corrected chi connectivity index (χ0v) is 15.6. The number of ether oxygens (including phenoxy) is 2. The lowest BCUT2D eigenvalue weighted by atomic mass is 10.3. The summed E-state index contributed by atoms with van der Waals surface area (Å²) in [5.41, 5.74) is 0.218. The van der Waals surface area contributed by atoms with Crippen LogP contribution in [0.2, 0.25) is 0 Å². The van der Waals surface area contributed by atoms with Crippen LogP contribution in [0.25, 0.3) is 0 Å². The van der Waals surface area contributed by atoms with E-state index in [1.54, 1.807) is 14.0 Å². The number of benzene rings is 1. The van der Waals surface area contributed by atoms with E-state index < -0.39 is 11.5 Å². The lowest BCUT2D eigenvalue weighted by molar-refractivity contribution is 0.0897. The Morgan fingerprint density at radius 2 is 2.00 bits per heavy atom. The Kier molecular flexibility index (Phi) is 5.70. The predicted molar refractivity (Wildman–Crippen MR) is 99.7 cm³/mol. The van der Waals surface area contributed by atoms with Gasteiger partial charge in [0.15, 0.2) is 0 Å². The summed E-state index contributed by atoms with van der Waals surface area (Å²) in [4.78, 5) is 26.9. The van der Waals surface area contributed by atoms with Crippen LogP contribution in [-0.4, -0.2) is 53.6 Å². The number of hydrogen-bond acceptors (Lipinski definition) is 7. The molecule has 2 heterocycles. The number of amides is 1. The van der Waals surface area contributed by atoms with Crippen LogP contribution in [0.3, 0.4) is 0 Å². The van der Waals surface area contributed by atoms with Crippen LogP contribution < -0.4 is 20.5 Å². The topological polar surface area (TPSA) is 98.6 Å². The first-order valence-corrected chi connectivity index (χ1v) is 8.82. The van der Waals surface area contributed by atoms with Gasteiger partial charge in [-0.15, -0.1) is 10.2 Å². The molecule has 2 aromatic rings. The number of rotatable bonds is 7. The van der Waals surface area contributed by atoms with E-state index >= 15 is 0 Å². The molecule has 1 aliphatic rings. The largest absolute Gasteiger partial charge is 0.494 e. The van der Waals surface area contributed by atoms with E-state index in [2.05, 4.69) is 15.5 Å². The van der Waals surface area contributed by atoms with Crippen LogP contribution in [0, 0.1) is 0 Å². The van der Waals surface area contributed by atoms with Crippen molar-refractivity contribution in [1.29, 1.82) is 0 Å². The summed E-state index contributed by atoms with van der Waals surface area (Å²) in [6.07, 6.45) is 0. The highest BCUT2D eigenvalue weighted by atomic mass is 16.5. The third-order valence-corrected chi connectivity index (χ3v) is 4.19. The lowest BCUT2D eigenvalue weighted by Crippen LogP contribution is -2.40. The van der Waals surface area contributed by atoms with Gasteiger partial charge < -0.3 is 19.7 Å². The van der Waals surface area contributed by atoms with Crippen LogP contribution in [-0.2, 0) is 11.3 Å². The van der Waals surface area contributed by atoms with Crippen LogP contribution in [0.5, 0.6) is 5.75 Å². The van der Waals surface area contributed by atoms with Crippen LogP contribution in [0.15, 0.2) is 29.1 Å². The molecule has 0 unspecified atom stereocenters. The van der Waals surface area contributed by atoms with Crippen molar-refractivity contribution in [3.8, 4) is 5.75 Å². The highest BCUT2D eigenvalue weighted by molar-refractivity contribution is 5.92. The van der Waals surface area contributed by atoms with Crippen molar-refractivity contribution in [3.63, 3.8) is 0 Å². The average molecular weight is 373 g/mol. The van der Waals surface area contributed by atoms with Gasteiger partial charge in [0.1, 0.15) is 5.75 Å². The second-order valence-electron chi connectivity index (χ2n) is 6.21. The number of nitrogens with one attached hydrogen (secondary N) is 1. The highest BCUT2D eigenvalue weighted by Gasteiger charge is 2.27. The molecule has 1 N–H and O–H groups in total. The summed E-state index contributed by atoms with van der Waals surface area (Å²) in [6.45, 7) is 5.66. The minimum absolute atomic E-state index is 0.213. The Morgan fingerprint density at radius 1 is 1.26 bits per heavy atom. The minimum atomic E-state index is -0.549. The summed E-state index contributed by atoms with van der Waals surface area (Å²) in [6, 6.07) is 7.31. The van der Waals surface area contributed by atoms with Crippen molar-refractivity contribution >= 4 is 17.5 Å². The van der Waals surface area contributed by atoms with Crippen molar-refractivity contribution < 1.29 is 14.3 Å². The SMILES string of the molecule is CCOc1ccc(N2CCn3c2nnc(C(=O)N[C@H](C)COC)c3=O)cc1. The monoisotopic (exact) mass is 373 g/mol. The van der Waals surface area contributed by atoms with Crippen LogP contribution >= 0.6 is 0 Å². The number of anilines is 2. The van der Waals surface area contributed by atoms with Gasteiger partial charge in [-0.05, 0) is 38.1 Å². The second kappa shape index (κ2) is 8.17. The number of carbonyl (C=O) groups excluding carboxylic acids is 1. The van der Waals surface area contributed by atoms with Gasteiger partial charge >= 0.3 is 0 Å². The van der Waals surface area contributed by atoms with Crippen molar-refractivity contribution in [2.45, 2.75) is 26.4 Å². The molecule has 1 atom stereocenters. The summed E-state index contributed by atoms with van der Waals surface area (Å²) >= 11 is 0. The molecule has 1 amide bonds. The van der Waals surface area contributed by atoms with Gasteiger partial charge in [0, 0.05) is 31.9 Å². The molecule has 0 saturated heterocycles. The molecule has 9 heteroatoms. The Labute approximate surface area is 156 Å². The second-order valence-corrected chi connectivity index (χ2v) is 6.21. The van der Waals surface area contributed by atoms with Crippen molar-refractivity contribution in [2.24, 2.45) is 0 Å². The van der Waals surface area contributed by atoms with E-state index in [9.17, 15) is 9.59 Å². The van der Waals surface area contributed by atoms with Gasteiger partial charge in [0.2, 0.25) is 11.6 Å². The number of nitrogens with zero attached hydrogens (tertiary/aromatic N) is 4. The van der Waals surface area contributed by atoms with E-state index in [0.717, 1.165) is 11.4 Å². The molecule has 0 saturated carbocycles.